The minimum absolute atomic E-state index is 0.0648. The van der Waals surface area contributed by atoms with Crippen LogP contribution in [0.2, 0.25) is 0 Å². The molecule has 0 aliphatic rings. The molecule has 0 rings (SSSR count). The first-order valence-electron chi connectivity index (χ1n) is 5.65. The number of ether oxygens (including phenoxy) is 3. The van der Waals surface area contributed by atoms with E-state index in [4.69, 9.17) is 0 Å². The minimum atomic E-state index is -0.856. The van der Waals surface area contributed by atoms with Gasteiger partial charge in [-0.3, -0.25) is 9.59 Å². The molecule has 0 aliphatic carbocycles. The Morgan fingerprint density at radius 1 is 1.21 bits per heavy atom. The third kappa shape index (κ3) is 13.3. The third-order valence-electron chi connectivity index (χ3n) is 2.04. The molecule has 2 atom stereocenters. The molecule has 0 fully saturated rings. The van der Waals surface area contributed by atoms with Crippen LogP contribution in [-0.4, -0.2) is 49.9 Å². The molecule has 0 spiro atoms. The summed E-state index contributed by atoms with van der Waals surface area (Å²) in [4.78, 5) is 31.7. The summed E-state index contributed by atoms with van der Waals surface area (Å²) in [6.45, 7) is 4.35. The molecule has 112 valence electrons. The van der Waals surface area contributed by atoms with Crippen molar-refractivity contribution in [2.75, 3.05) is 14.2 Å². The van der Waals surface area contributed by atoms with Crippen LogP contribution >= 0.6 is 12.6 Å². The van der Waals surface area contributed by atoms with Crippen LogP contribution in [0.3, 0.4) is 0 Å². The largest absolute Gasteiger partial charge is 0.455 e. The number of rotatable bonds is 7. The first-order valence-corrected chi connectivity index (χ1v) is 6.16. The molecule has 2 unspecified atom stereocenters. The first-order chi connectivity index (χ1) is 8.78. The average Bonchev–Trinajstić information content (AvgIpc) is 2.36. The molecule has 6 nitrogen and oxygen atoms in total. The summed E-state index contributed by atoms with van der Waals surface area (Å²) in [5.41, 5.74) is 0. The molecule has 0 N–H and O–H groups in total. The van der Waals surface area contributed by atoms with Crippen LogP contribution in [0.1, 0.15) is 27.2 Å². The summed E-state index contributed by atoms with van der Waals surface area (Å²) in [7, 11) is 3.21. The lowest BCUT2D eigenvalue weighted by molar-refractivity contribution is -0.152. The Labute approximate surface area is 119 Å². The standard InChI is InChI=1S/C8H12O4S.C4H10O2/c1-5(10)8(12-6(2)11)3-7(13)4-9;1-4(5-2)6-3/h4,7-8,13H,3H2,1-2H3;4H,1-3H3. The van der Waals surface area contributed by atoms with Gasteiger partial charge in [-0.2, -0.15) is 12.6 Å². The highest BCUT2D eigenvalue weighted by Crippen LogP contribution is 2.07. The number of Topliss-reactive ketones (excluding diaryl/α,β-unsaturated/α-hetero) is 1. The molecular formula is C12H22O6S. The number of methoxy groups -OCH3 is 2. The second-order valence-corrected chi connectivity index (χ2v) is 4.35. The normalized spacial score (nSPS) is 13.0. The van der Waals surface area contributed by atoms with Crippen LogP contribution in [0.15, 0.2) is 0 Å². The number of esters is 1. The quantitative estimate of drug-likeness (QED) is 0.327. The highest BCUT2D eigenvalue weighted by Gasteiger charge is 2.20. The van der Waals surface area contributed by atoms with Crippen molar-refractivity contribution >= 4 is 30.7 Å². The summed E-state index contributed by atoms with van der Waals surface area (Å²) in [5.74, 6) is -0.817. The van der Waals surface area contributed by atoms with Gasteiger partial charge in [-0.15, -0.1) is 0 Å². The lowest BCUT2D eigenvalue weighted by atomic mass is 10.1. The topological polar surface area (TPSA) is 78.9 Å². The summed E-state index contributed by atoms with van der Waals surface area (Å²) in [6, 6.07) is 0. The molecule has 0 saturated carbocycles. The maximum absolute atomic E-state index is 10.9. The van der Waals surface area contributed by atoms with E-state index >= 15 is 0 Å². The van der Waals surface area contributed by atoms with Gasteiger partial charge in [0.05, 0.1) is 5.25 Å². The second-order valence-electron chi connectivity index (χ2n) is 3.69. The zero-order chi connectivity index (χ0) is 15.4. The monoisotopic (exact) mass is 294 g/mol. The van der Waals surface area contributed by atoms with E-state index in [-0.39, 0.29) is 18.5 Å². The Hall–Kier alpha value is -0.920. The molecule has 0 aliphatic heterocycles. The number of carbonyl (C=O) groups excluding carboxylic acids is 3. The van der Waals surface area contributed by atoms with Crippen LogP contribution in [0.4, 0.5) is 0 Å². The lowest BCUT2D eigenvalue weighted by Crippen LogP contribution is -2.27. The summed E-state index contributed by atoms with van der Waals surface area (Å²) in [5, 5.41) is -0.576. The molecule has 0 heterocycles. The maximum atomic E-state index is 10.9. The van der Waals surface area contributed by atoms with E-state index in [0.29, 0.717) is 6.29 Å². The van der Waals surface area contributed by atoms with Gasteiger partial charge in [0.1, 0.15) is 6.29 Å². The van der Waals surface area contributed by atoms with Crippen LogP contribution in [0.5, 0.6) is 0 Å². The van der Waals surface area contributed by atoms with E-state index in [2.05, 4.69) is 26.8 Å². The molecule has 0 saturated heterocycles. The van der Waals surface area contributed by atoms with Crippen molar-refractivity contribution in [3.63, 3.8) is 0 Å². The first kappa shape index (κ1) is 20.4. The summed E-state index contributed by atoms with van der Waals surface area (Å²) >= 11 is 3.87. The van der Waals surface area contributed by atoms with Crippen molar-refractivity contribution in [2.45, 2.75) is 44.8 Å². The number of hydrogen-bond acceptors (Lipinski definition) is 7. The van der Waals surface area contributed by atoms with E-state index in [1.165, 1.54) is 13.8 Å². The number of hydrogen-bond donors (Lipinski definition) is 1. The van der Waals surface area contributed by atoms with Crippen molar-refractivity contribution < 1.29 is 28.6 Å². The zero-order valence-electron chi connectivity index (χ0n) is 11.9. The molecule has 0 aromatic rings. The predicted octanol–water partition coefficient (Wildman–Crippen LogP) is 1.02. The van der Waals surface area contributed by atoms with Crippen LogP contribution in [0.25, 0.3) is 0 Å². The van der Waals surface area contributed by atoms with E-state index in [1.807, 2.05) is 6.92 Å². The lowest BCUT2D eigenvalue weighted by Gasteiger charge is -2.14. The molecule has 0 bridgehead atoms. The Morgan fingerprint density at radius 3 is 1.89 bits per heavy atom. The number of carbonyl (C=O) groups is 3. The molecule has 0 aromatic carbocycles. The van der Waals surface area contributed by atoms with E-state index in [0.717, 1.165) is 0 Å². The SMILES string of the molecule is CC(=O)OC(CC(S)C=O)C(C)=O.COC(C)OC. The van der Waals surface area contributed by atoms with Crippen molar-refractivity contribution in [2.24, 2.45) is 0 Å². The van der Waals surface area contributed by atoms with Crippen LogP contribution in [0, 0.1) is 0 Å². The van der Waals surface area contributed by atoms with Gasteiger partial charge in [-0.05, 0) is 13.8 Å². The fourth-order valence-electron chi connectivity index (χ4n) is 0.869. The highest BCUT2D eigenvalue weighted by molar-refractivity contribution is 7.81. The fraction of sp³-hybridized carbons (Fsp3) is 0.750. The summed E-state index contributed by atoms with van der Waals surface area (Å²) < 4.78 is 14.0. The number of thiol groups is 1. The zero-order valence-corrected chi connectivity index (χ0v) is 12.8. The molecule has 0 aromatic heterocycles. The number of aldehydes is 1. The second kappa shape index (κ2) is 12.1. The van der Waals surface area contributed by atoms with Gasteiger partial charge in [0, 0.05) is 27.6 Å². The van der Waals surface area contributed by atoms with Gasteiger partial charge < -0.3 is 19.0 Å². The Balaban J connectivity index is 0. The number of ketones is 1. The average molecular weight is 294 g/mol. The van der Waals surface area contributed by atoms with E-state index in [9.17, 15) is 14.4 Å². The molecule has 0 amide bonds. The minimum Gasteiger partial charge on any atom is -0.455 e. The van der Waals surface area contributed by atoms with E-state index in [1.54, 1.807) is 14.2 Å². The van der Waals surface area contributed by atoms with Crippen molar-refractivity contribution in [3.8, 4) is 0 Å². The Bertz CT molecular complexity index is 277. The van der Waals surface area contributed by atoms with Crippen LogP contribution in [-0.2, 0) is 28.6 Å². The smallest absolute Gasteiger partial charge is 0.303 e. The van der Waals surface area contributed by atoms with Gasteiger partial charge in [0.2, 0.25) is 0 Å². The Morgan fingerprint density at radius 2 is 1.68 bits per heavy atom. The third-order valence-corrected chi connectivity index (χ3v) is 2.37. The van der Waals surface area contributed by atoms with Gasteiger partial charge in [-0.1, -0.05) is 0 Å². The molecule has 19 heavy (non-hydrogen) atoms. The Kier molecular flexibility index (Phi) is 13.0. The van der Waals surface area contributed by atoms with Gasteiger partial charge in [0.25, 0.3) is 0 Å². The molecule has 7 heteroatoms. The van der Waals surface area contributed by atoms with Gasteiger partial charge in [0.15, 0.2) is 18.2 Å². The molecule has 0 radical (unpaired) electrons. The van der Waals surface area contributed by atoms with Crippen molar-refractivity contribution in [3.05, 3.63) is 0 Å². The fourth-order valence-corrected chi connectivity index (χ4v) is 1.06. The maximum Gasteiger partial charge on any atom is 0.303 e. The van der Waals surface area contributed by atoms with Crippen molar-refractivity contribution in [1.29, 1.82) is 0 Å². The van der Waals surface area contributed by atoms with Crippen LogP contribution < -0.4 is 0 Å². The van der Waals surface area contributed by atoms with Gasteiger partial charge in [-0.25, -0.2) is 0 Å². The summed E-state index contributed by atoms with van der Waals surface area (Å²) in [6.07, 6.45) is -0.195. The van der Waals surface area contributed by atoms with E-state index < -0.39 is 17.3 Å². The molecular weight excluding hydrogens is 272 g/mol. The van der Waals surface area contributed by atoms with Gasteiger partial charge >= 0.3 is 5.97 Å². The van der Waals surface area contributed by atoms with Crippen molar-refractivity contribution in [1.82, 2.24) is 0 Å². The predicted molar refractivity (Wildman–Crippen MR) is 73.2 cm³/mol. The highest BCUT2D eigenvalue weighted by atomic mass is 32.1.